The van der Waals surface area contributed by atoms with Gasteiger partial charge in [0.25, 0.3) is 0 Å². The molecule has 0 unspecified atom stereocenters. The minimum absolute atomic E-state index is 0.195. The van der Waals surface area contributed by atoms with Gasteiger partial charge in [-0.25, -0.2) is 14.6 Å². The van der Waals surface area contributed by atoms with E-state index in [0.29, 0.717) is 11.4 Å². The highest BCUT2D eigenvalue weighted by molar-refractivity contribution is 9.10. The zero-order valence-corrected chi connectivity index (χ0v) is 18.0. The Morgan fingerprint density at radius 2 is 1.26 bits per heavy atom. The number of imide groups is 1. The summed E-state index contributed by atoms with van der Waals surface area (Å²) in [6.45, 7) is 3.89. The van der Waals surface area contributed by atoms with E-state index in [-0.39, 0.29) is 13.2 Å². The third-order valence-electron chi connectivity index (χ3n) is 4.00. The van der Waals surface area contributed by atoms with E-state index in [2.05, 4.69) is 31.9 Å². The second kappa shape index (κ2) is 8.10. The Morgan fingerprint density at radius 1 is 0.815 bits per heavy atom. The van der Waals surface area contributed by atoms with Gasteiger partial charge in [-0.2, -0.15) is 0 Å². The molecule has 6 nitrogen and oxygen atoms in total. The number of rotatable bonds is 6. The Bertz CT molecular complexity index is 834. The quantitative estimate of drug-likeness (QED) is 0.420. The zero-order valence-electron chi connectivity index (χ0n) is 14.8. The lowest BCUT2D eigenvalue weighted by atomic mass is 10.2. The van der Waals surface area contributed by atoms with Gasteiger partial charge in [-0.05, 0) is 62.4 Å². The molecule has 1 aliphatic rings. The van der Waals surface area contributed by atoms with Gasteiger partial charge in [0.15, 0.2) is 0 Å². The lowest BCUT2D eigenvalue weighted by Crippen LogP contribution is -2.54. The van der Waals surface area contributed by atoms with Crippen molar-refractivity contribution in [3.63, 3.8) is 0 Å². The van der Waals surface area contributed by atoms with Crippen molar-refractivity contribution in [3.05, 3.63) is 57.5 Å². The van der Waals surface area contributed by atoms with Crippen LogP contribution >= 0.6 is 31.9 Å². The number of urea groups is 1. The summed E-state index contributed by atoms with van der Waals surface area (Å²) >= 11 is 6.74. The lowest BCUT2D eigenvalue weighted by molar-refractivity contribution is -0.216. The molecule has 2 aromatic rings. The summed E-state index contributed by atoms with van der Waals surface area (Å²) < 4.78 is 13.2. The molecular weight excluding hydrogens is 480 g/mol. The summed E-state index contributed by atoms with van der Waals surface area (Å²) in [7, 11) is 0. The van der Waals surface area contributed by atoms with Gasteiger partial charge < -0.3 is 9.47 Å². The van der Waals surface area contributed by atoms with Crippen molar-refractivity contribution in [1.29, 1.82) is 0 Å². The van der Waals surface area contributed by atoms with Crippen LogP contribution in [0.1, 0.15) is 13.8 Å². The Balaban J connectivity index is 2.15. The van der Waals surface area contributed by atoms with Crippen molar-refractivity contribution in [2.24, 2.45) is 0 Å². The lowest BCUT2D eigenvalue weighted by Gasteiger charge is -2.33. The van der Waals surface area contributed by atoms with Crippen LogP contribution in [0.4, 0.5) is 16.2 Å². The first kappa shape index (κ1) is 20.0. The average Bonchev–Trinajstić information content (AvgIpc) is 2.85. The fraction of sp³-hybridized carbons (Fsp3) is 0.263. The van der Waals surface area contributed by atoms with Crippen LogP contribution in [-0.4, -0.2) is 31.1 Å². The Morgan fingerprint density at radius 3 is 1.70 bits per heavy atom. The smallest absolute Gasteiger partial charge is 0.325 e. The largest absolute Gasteiger partial charge is 0.344 e. The normalized spacial score (nSPS) is 16.3. The van der Waals surface area contributed by atoms with Crippen molar-refractivity contribution >= 4 is 55.2 Å². The zero-order chi connectivity index (χ0) is 19.6. The summed E-state index contributed by atoms with van der Waals surface area (Å²) in [5.41, 5.74) is 0.939. The van der Waals surface area contributed by atoms with E-state index in [9.17, 15) is 9.59 Å². The molecule has 0 spiro atoms. The van der Waals surface area contributed by atoms with Crippen molar-refractivity contribution in [1.82, 2.24) is 0 Å². The molecule has 142 valence electrons. The molecule has 0 aromatic heterocycles. The highest BCUT2D eigenvalue weighted by Gasteiger charge is 2.61. The van der Waals surface area contributed by atoms with Crippen LogP contribution in [0.2, 0.25) is 0 Å². The second-order valence-corrected chi connectivity index (χ2v) is 7.49. The fourth-order valence-corrected chi connectivity index (χ4v) is 3.45. The van der Waals surface area contributed by atoms with Gasteiger partial charge in [-0.1, -0.05) is 31.9 Å². The minimum Gasteiger partial charge on any atom is -0.325 e. The topological polar surface area (TPSA) is 59.1 Å². The highest BCUT2D eigenvalue weighted by atomic mass is 79.9. The van der Waals surface area contributed by atoms with E-state index >= 15 is 0 Å². The van der Waals surface area contributed by atoms with Crippen molar-refractivity contribution in [2.75, 3.05) is 23.0 Å². The van der Waals surface area contributed by atoms with E-state index in [4.69, 9.17) is 9.47 Å². The number of benzene rings is 2. The minimum atomic E-state index is -1.85. The molecule has 0 atom stereocenters. The molecule has 27 heavy (non-hydrogen) atoms. The molecule has 1 saturated heterocycles. The van der Waals surface area contributed by atoms with Gasteiger partial charge in [0.2, 0.25) is 0 Å². The molecule has 0 aliphatic carbocycles. The number of hydrogen-bond acceptors (Lipinski definition) is 4. The summed E-state index contributed by atoms with van der Waals surface area (Å²) in [6, 6.07) is 13.4. The molecular formula is C19H18Br2N2O4. The molecule has 2 aromatic carbocycles. The summed E-state index contributed by atoms with van der Waals surface area (Å²) in [6.07, 6.45) is 0. The van der Waals surface area contributed by atoms with Crippen LogP contribution in [0.5, 0.6) is 0 Å². The van der Waals surface area contributed by atoms with Gasteiger partial charge in [0.1, 0.15) is 0 Å². The summed E-state index contributed by atoms with van der Waals surface area (Å²) in [5.74, 6) is -2.43. The molecule has 0 bridgehead atoms. The number of anilines is 2. The van der Waals surface area contributed by atoms with Gasteiger partial charge in [0, 0.05) is 22.2 Å². The van der Waals surface area contributed by atoms with E-state index in [1.165, 1.54) is 4.90 Å². The van der Waals surface area contributed by atoms with Crippen LogP contribution in [0.25, 0.3) is 0 Å². The number of hydrogen-bond donors (Lipinski definition) is 0. The third kappa shape index (κ3) is 3.54. The monoisotopic (exact) mass is 496 g/mol. The molecule has 8 heteroatoms. The van der Waals surface area contributed by atoms with E-state index in [0.717, 1.165) is 13.8 Å². The Kier molecular flexibility index (Phi) is 6.00. The first-order chi connectivity index (χ1) is 12.9. The first-order valence-corrected chi connectivity index (χ1v) is 10.0. The highest BCUT2D eigenvalue weighted by Crippen LogP contribution is 2.38. The summed E-state index contributed by atoms with van der Waals surface area (Å²) in [4.78, 5) is 29.0. The number of ether oxygens (including phenoxy) is 2. The Labute approximate surface area is 174 Å². The number of halogens is 2. The van der Waals surface area contributed by atoms with E-state index in [1.54, 1.807) is 62.4 Å². The third-order valence-corrected chi connectivity index (χ3v) is 5.06. The van der Waals surface area contributed by atoms with Crippen LogP contribution in [0.3, 0.4) is 0 Å². The molecule has 0 radical (unpaired) electrons. The van der Waals surface area contributed by atoms with Gasteiger partial charge >= 0.3 is 17.8 Å². The van der Waals surface area contributed by atoms with Gasteiger partial charge in [-0.15, -0.1) is 0 Å². The maximum Gasteiger partial charge on any atom is 0.344 e. The molecule has 0 saturated carbocycles. The number of amides is 3. The fourth-order valence-electron chi connectivity index (χ4n) is 2.92. The summed E-state index contributed by atoms with van der Waals surface area (Å²) in [5, 5.41) is 0. The Hall–Kier alpha value is -1.74. The van der Waals surface area contributed by atoms with Crippen molar-refractivity contribution < 1.29 is 19.1 Å². The second-order valence-electron chi connectivity index (χ2n) is 5.66. The average molecular weight is 498 g/mol. The van der Waals surface area contributed by atoms with Crippen LogP contribution in [0.15, 0.2) is 57.5 Å². The molecule has 1 aliphatic heterocycles. The first-order valence-electron chi connectivity index (χ1n) is 8.42. The van der Waals surface area contributed by atoms with Crippen LogP contribution in [0, 0.1) is 0 Å². The van der Waals surface area contributed by atoms with E-state index in [1.807, 2.05) is 0 Å². The number of nitrogens with zero attached hydrogens (tertiary/aromatic N) is 2. The van der Waals surface area contributed by atoms with Crippen LogP contribution in [-0.2, 0) is 14.3 Å². The molecule has 1 fully saturated rings. The number of carbonyl (C=O) groups excluding carboxylic acids is 2. The number of carbonyl (C=O) groups is 2. The predicted molar refractivity (Wildman–Crippen MR) is 110 cm³/mol. The SMILES string of the molecule is CCOC1(OCC)C(=O)N(c2ccc(Br)cc2)C(=O)N1c1ccc(Br)cc1. The molecule has 0 N–H and O–H groups in total. The molecule has 3 amide bonds. The predicted octanol–water partition coefficient (Wildman–Crippen LogP) is 4.91. The van der Waals surface area contributed by atoms with E-state index < -0.39 is 17.8 Å². The van der Waals surface area contributed by atoms with Gasteiger partial charge in [-0.3, -0.25) is 4.79 Å². The maximum atomic E-state index is 13.3. The maximum absolute atomic E-state index is 13.3. The van der Waals surface area contributed by atoms with Gasteiger partial charge in [0.05, 0.1) is 11.4 Å². The molecule has 1 heterocycles. The molecule has 3 rings (SSSR count). The van der Waals surface area contributed by atoms with Crippen molar-refractivity contribution in [3.8, 4) is 0 Å². The van der Waals surface area contributed by atoms with Crippen LogP contribution < -0.4 is 9.80 Å². The standard InChI is InChI=1S/C19H18Br2N2O4/c1-3-26-19(27-4-2)17(24)22(15-9-5-13(20)6-10-15)18(25)23(19)16-11-7-14(21)8-12-16/h5-12H,3-4H2,1-2H3. The van der Waals surface area contributed by atoms with Crippen molar-refractivity contribution in [2.45, 2.75) is 19.8 Å².